The summed E-state index contributed by atoms with van der Waals surface area (Å²) in [7, 11) is 0. The summed E-state index contributed by atoms with van der Waals surface area (Å²) in [4.78, 5) is 15.6. The zero-order chi connectivity index (χ0) is 27.0. The molecule has 0 N–H and O–H groups in total. The van der Waals surface area contributed by atoms with Gasteiger partial charge in [-0.1, -0.05) is 42.5 Å². The third kappa shape index (κ3) is 6.85. The van der Waals surface area contributed by atoms with Crippen molar-refractivity contribution in [2.45, 2.75) is 45.3 Å². The number of imidazole rings is 1. The zero-order valence-corrected chi connectivity index (χ0v) is 21.0. The van der Waals surface area contributed by atoms with E-state index in [4.69, 9.17) is 13.9 Å². The van der Waals surface area contributed by atoms with Crippen molar-refractivity contribution in [3.05, 3.63) is 84.4 Å². The number of aromatic nitrogens is 2. The van der Waals surface area contributed by atoms with Crippen LogP contribution in [0.3, 0.4) is 0 Å². The second kappa shape index (κ2) is 12.5. The smallest absolute Gasteiger partial charge is 0.433 e. The average Bonchev–Trinajstić information content (AvgIpc) is 3.58. The van der Waals surface area contributed by atoms with Crippen LogP contribution in [0.5, 0.6) is 5.75 Å². The first-order valence-corrected chi connectivity index (χ1v) is 12.5. The predicted molar refractivity (Wildman–Crippen MR) is 137 cm³/mol. The molecule has 9 heteroatoms. The lowest BCUT2D eigenvalue weighted by Crippen LogP contribution is -2.15. The lowest BCUT2D eigenvalue weighted by atomic mass is 10.1. The molecule has 6 nitrogen and oxygen atoms in total. The Hall–Kier alpha value is -4.01. The molecule has 2 aromatic heterocycles. The molecule has 0 saturated heterocycles. The summed E-state index contributed by atoms with van der Waals surface area (Å²) in [6, 6.07) is 17.7. The van der Waals surface area contributed by atoms with Crippen LogP contribution >= 0.6 is 0 Å². The van der Waals surface area contributed by atoms with Crippen LogP contribution in [0.4, 0.5) is 13.2 Å². The molecule has 0 bridgehead atoms. The highest BCUT2D eigenvalue weighted by Crippen LogP contribution is 2.35. The van der Waals surface area contributed by atoms with Crippen LogP contribution in [0.2, 0.25) is 0 Å². The number of esters is 1. The minimum absolute atomic E-state index is 0.0663. The number of nitrogens with zero attached hydrogens (tertiary/aromatic N) is 2. The molecule has 2 aromatic carbocycles. The lowest BCUT2D eigenvalue weighted by Gasteiger charge is -2.17. The number of hydrogen-bond donors (Lipinski definition) is 0. The van der Waals surface area contributed by atoms with Crippen LogP contribution in [-0.2, 0) is 22.3 Å². The van der Waals surface area contributed by atoms with Gasteiger partial charge in [0.1, 0.15) is 23.0 Å². The van der Waals surface area contributed by atoms with E-state index in [9.17, 15) is 18.0 Å². The molecule has 0 spiro atoms. The van der Waals surface area contributed by atoms with Gasteiger partial charge in [0.15, 0.2) is 0 Å². The number of carbonyl (C=O) groups is 1. The second-order valence-corrected chi connectivity index (χ2v) is 8.68. The third-order valence-corrected chi connectivity index (χ3v) is 5.98. The quantitative estimate of drug-likeness (QED) is 0.142. The molecule has 0 aliphatic rings. The van der Waals surface area contributed by atoms with E-state index in [0.29, 0.717) is 55.1 Å². The Morgan fingerprint density at radius 3 is 2.45 bits per heavy atom. The maximum Gasteiger partial charge on any atom is 0.433 e. The molecule has 0 aliphatic carbocycles. The summed E-state index contributed by atoms with van der Waals surface area (Å²) in [6.45, 7) is 2.45. The molecule has 4 rings (SSSR count). The number of furan rings is 1. The van der Waals surface area contributed by atoms with Crippen LogP contribution in [0.25, 0.3) is 22.7 Å². The van der Waals surface area contributed by atoms with Crippen LogP contribution in [0.1, 0.15) is 43.9 Å². The molecule has 0 unspecified atom stereocenters. The standard InChI is InChI=1S/C29H29F3N2O4/c1-2-36-27(35)12-4-3-7-17-37-25-10-6-5-9-23(25)20-34-26(29(30,31)32)19-33-28(34)22-15-13-21(14-16-22)24-11-8-18-38-24/h5-6,8-11,13-16,18-19H,2-4,7,12,17,20H2,1H3. The second-order valence-electron chi connectivity index (χ2n) is 8.68. The molecule has 4 aromatic rings. The van der Waals surface area contributed by atoms with Crippen LogP contribution in [-0.4, -0.2) is 28.7 Å². The molecule has 0 amide bonds. The third-order valence-electron chi connectivity index (χ3n) is 5.98. The number of hydrogen-bond acceptors (Lipinski definition) is 5. The van der Waals surface area contributed by atoms with E-state index < -0.39 is 11.9 Å². The highest BCUT2D eigenvalue weighted by atomic mass is 19.4. The summed E-state index contributed by atoms with van der Waals surface area (Å²) < 4.78 is 59.2. The number of alkyl halides is 3. The minimum Gasteiger partial charge on any atom is -0.493 e. The number of halogens is 3. The number of unbranched alkanes of at least 4 members (excludes halogenated alkanes) is 2. The molecule has 200 valence electrons. The van der Waals surface area contributed by atoms with Gasteiger partial charge in [0.2, 0.25) is 0 Å². The molecule has 0 saturated carbocycles. The van der Waals surface area contributed by atoms with Gasteiger partial charge in [-0.15, -0.1) is 0 Å². The largest absolute Gasteiger partial charge is 0.493 e. The summed E-state index contributed by atoms with van der Waals surface area (Å²) in [6.07, 6.45) is 0.386. The van der Waals surface area contributed by atoms with Crippen molar-refractivity contribution >= 4 is 5.97 Å². The van der Waals surface area contributed by atoms with Gasteiger partial charge in [-0.3, -0.25) is 4.79 Å². The first-order valence-electron chi connectivity index (χ1n) is 12.5. The minimum atomic E-state index is -4.58. The van der Waals surface area contributed by atoms with Crippen molar-refractivity contribution in [1.29, 1.82) is 0 Å². The summed E-state index contributed by atoms with van der Waals surface area (Å²) in [5.41, 5.74) is 1.14. The first kappa shape index (κ1) is 27.0. The highest BCUT2D eigenvalue weighted by Gasteiger charge is 2.36. The fourth-order valence-corrected chi connectivity index (χ4v) is 4.13. The van der Waals surface area contributed by atoms with Crippen molar-refractivity contribution < 1.29 is 31.9 Å². The van der Waals surface area contributed by atoms with Gasteiger partial charge in [0.25, 0.3) is 0 Å². The van der Waals surface area contributed by atoms with E-state index in [2.05, 4.69) is 4.98 Å². The Morgan fingerprint density at radius 2 is 1.74 bits per heavy atom. The average molecular weight is 527 g/mol. The zero-order valence-electron chi connectivity index (χ0n) is 21.0. The van der Waals surface area contributed by atoms with Gasteiger partial charge in [-0.05, 0) is 44.4 Å². The maximum atomic E-state index is 13.9. The SMILES string of the molecule is CCOC(=O)CCCCCOc1ccccc1Cn1c(C(F)(F)F)cnc1-c1ccc(-c2ccco2)cc1. The van der Waals surface area contributed by atoms with E-state index in [-0.39, 0.29) is 18.3 Å². The molecule has 0 aliphatic heterocycles. The molecular formula is C29H29F3N2O4. The van der Waals surface area contributed by atoms with Gasteiger partial charge < -0.3 is 18.5 Å². The van der Waals surface area contributed by atoms with E-state index in [1.807, 2.05) is 6.07 Å². The molecule has 38 heavy (non-hydrogen) atoms. The number of benzene rings is 2. The Kier molecular flexibility index (Phi) is 8.89. The summed E-state index contributed by atoms with van der Waals surface area (Å²) in [5.74, 6) is 1.17. The fourth-order valence-electron chi connectivity index (χ4n) is 4.13. The van der Waals surface area contributed by atoms with E-state index in [1.165, 1.54) is 4.57 Å². The Labute approximate surface area is 219 Å². The number of carbonyl (C=O) groups excluding carboxylic acids is 1. The van der Waals surface area contributed by atoms with Crippen molar-refractivity contribution in [1.82, 2.24) is 9.55 Å². The normalized spacial score (nSPS) is 11.5. The molecule has 0 radical (unpaired) electrons. The fraction of sp³-hybridized carbons (Fsp3) is 0.310. The molecule has 2 heterocycles. The van der Waals surface area contributed by atoms with Crippen LogP contribution in [0.15, 0.2) is 77.5 Å². The number of para-hydroxylation sites is 1. The Bertz CT molecular complexity index is 1310. The van der Waals surface area contributed by atoms with Gasteiger partial charge in [-0.2, -0.15) is 13.2 Å². The van der Waals surface area contributed by atoms with E-state index in [0.717, 1.165) is 18.2 Å². The van der Waals surface area contributed by atoms with E-state index >= 15 is 0 Å². The summed E-state index contributed by atoms with van der Waals surface area (Å²) >= 11 is 0. The predicted octanol–water partition coefficient (Wildman–Crippen LogP) is 7.38. The molecular weight excluding hydrogens is 497 g/mol. The van der Waals surface area contributed by atoms with Crippen molar-refractivity contribution in [3.8, 4) is 28.5 Å². The molecule has 0 fully saturated rings. The highest BCUT2D eigenvalue weighted by molar-refractivity contribution is 5.69. The Morgan fingerprint density at radius 1 is 0.974 bits per heavy atom. The lowest BCUT2D eigenvalue weighted by molar-refractivity contribution is -0.144. The van der Waals surface area contributed by atoms with Crippen LogP contribution in [0, 0.1) is 0 Å². The van der Waals surface area contributed by atoms with Gasteiger partial charge in [0, 0.05) is 23.1 Å². The van der Waals surface area contributed by atoms with E-state index in [1.54, 1.807) is 67.8 Å². The number of rotatable bonds is 12. The topological polar surface area (TPSA) is 66.5 Å². The maximum absolute atomic E-state index is 13.9. The van der Waals surface area contributed by atoms with Crippen molar-refractivity contribution in [3.63, 3.8) is 0 Å². The van der Waals surface area contributed by atoms with Crippen LogP contribution < -0.4 is 4.74 Å². The Balaban J connectivity index is 1.49. The van der Waals surface area contributed by atoms with Crippen molar-refractivity contribution in [2.75, 3.05) is 13.2 Å². The van der Waals surface area contributed by atoms with Crippen molar-refractivity contribution in [2.24, 2.45) is 0 Å². The monoisotopic (exact) mass is 526 g/mol. The molecule has 0 atom stereocenters. The summed E-state index contributed by atoms with van der Waals surface area (Å²) in [5, 5.41) is 0. The first-order chi connectivity index (χ1) is 18.4. The van der Waals surface area contributed by atoms with Gasteiger partial charge >= 0.3 is 12.1 Å². The number of ether oxygens (including phenoxy) is 2. The van der Waals surface area contributed by atoms with Gasteiger partial charge in [0.05, 0.1) is 32.2 Å². The van der Waals surface area contributed by atoms with Gasteiger partial charge in [-0.25, -0.2) is 4.98 Å².